The van der Waals surface area contributed by atoms with Gasteiger partial charge in [0.1, 0.15) is 54.6 Å². The molecule has 0 bridgehead atoms. The predicted molar refractivity (Wildman–Crippen MR) is 324 cm³/mol. The molecule has 0 saturated carbocycles. The first-order chi connectivity index (χ1) is 42.1. The van der Waals surface area contributed by atoms with E-state index in [1.165, 1.54) is 18.9 Å². The zero-order chi connectivity index (χ0) is 67.3. The zero-order valence-corrected chi connectivity index (χ0v) is 52.8. The lowest BCUT2D eigenvalue weighted by Crippen LogP contribution is -2.63. The van der Waals surface area contributed by atoms with Gasteiger partial charge in [-0.15, -0.1) is 11.6 Å². The van der Waals surface area contributed by atoms with Crippen LogP contribution < -0.4 is 65.1 Å². The minimum Gasteiger partial charge on any atom is -0.479 e. The molecule has 6 unspecified atom stereocenters. The molecule has 10 amide bonds. The number of esters is 1. The lowest BCUT2D eigenvalue weighted by molar-refractivity contribution is -0.153. The Balaban J connectivity index is 4.16. The summed E-state index contributed by atoms with van der Waals surface area (Å²) in [5.41, 5.74) is 16.7. The van der Waals surface area contributed by atoms with Gasteiger partial charge in [0.25, 0.3) is 5.91 Å². The lowest BCUT2D eigenvalue weighted by Gasteiger charge is -2.29. The number of rotatable bonds is 31. The van der Waals surface area contributed by atoms with Crippen LogP contribution in [0.4, 0.5) is 0 Å². The number of hydrogen-bond donors (Lipinski definition) is 17. The van der Waals surface area contributed by atoms with Gasteiger partial charge in [0.2, 0.25) is 53.2 Å². The van der Waals surface area contributed by atoms with E-state index in [2.05, 4.69) is 54.8 Å². The van der Waals surface area contributed by atoms with Crippen LogP contribution in [0.5, 0.6) is 0 Å². The van der Waals surface area contributed by atoms with Crippen molar-refractivity contribution >= 4 is 82.6 Å². The number of carbonyl (C=O) groups is 12. The second-order valence-corrected chi connectivity index (χ2v) is 22.4. The maximum absolute atomic E-state index is 14.5. The first-order valence-corrected chi connectivity index (χ1v) is 30.7. The molecule has 1 fully saturated rings. The Labute approximate surface area is 524 Å². The third-order valence-corrected chi connectivity index (χ3v) is 14.6. The first kappa shape index (κ1) is 80.4. The largest absolute Gasteiger partial charge is 0.479 e. The predicted octanol–water partition coefficient (Wildman–Crippen LogP) is -5.22. The Morgan fingerprint density at radius 2 is 1.16 bits per heavy atom. The summed E-state index contributed by atoms with van der Waals surface area (Å²) in [6.45, 7) is 3.17. The second kappa shape index (κ2) is 43.9. The van der Waals surface area contributed by atoms with Crippen molar-refractivity contribution in [2.45, 2.75) is 203 Å². The Kier molecular flexibility index (Phi) is 39.7. The first-order valence-electron chi connectivity index (χ1n) is 30.2. The summed E-state index contributed by atoms with van der Waals surface area (Å²) < 4.78 is 5.41. The molecule has 1 saturated heterocycles. The molecule has 20 N–H and O–H groups in total. The topological polar surface area (TPSA) is 508 Å². The summed E-state index contributed by atoms with van der Waals surface area (Å²) in [7, 11) is 4.87. The van der Waals surface area contributed by atoms with E-state index in [0.29, 0.717) is 13.0 Å². The maximum Gasteiger partial charge on any atom is 0.335 e. The fraction of sp³-hybridized carbons (Fsp3) is 0.750. The number of allylic oxidation sites excluding steroid dienone is 1. The standard InChI is InChI=1S/C56H99ClN14O18/c1-7-9-10-11-12-13-14-15-16-19-33(73)28-41(75)61-39-31-89-56(88)44(40(74)30-57)68-47(78)34(8-2)62-53(84)43(32(3)72)67-50(81)37(22-25-60)65-54(85)45(46(77)55(86)87)69-49(80)35(20-17-18-23-58)63-51(82)38(29-42(76)71(6)27-26-70(4)5)66-48(79)36(21-24-59)64-52(39)83/h8,32-33,35-40,43-46,72-74,77H,7,9-31,58-60H2,1-6H3,(H,61,75)(H,62,84)(H,63,82)(H,64,83)(H,65,85)(H,66,79)(H,67,81)(H,68,78)(H,69,80)(H,86,87)/b34-8+/t32-,33+,35?,36?,37-,38-,39?,40+,43?,44?,45?,46-/m0/s1. The van der Waals surface area contributed by atoms with Crippen LogP contribution in [0.1, 0.15) is 130 Å². The van der Waals surface area contributed by atoms with Crippen molar-refractivity contribution in [1.82, 2.24) is 57.7 Å². The van der Waals surface area contributed by atoms with E-state index in [4.69, 9.17) is 33.5 Å². The number of carboxylic acid groups (broad SMARTS) is 1. The Bertz CT molecular complexity index is 2340. The lowest BCUT2D eigenvalue weighted by atomic mass is 10.0. The molecule has 1 rings (SSSR count). The van der Waals surface area contributed by atoms with E-state index in [-0.39, 0.29) is 51.9 Å². The number of carbonyl (C=O) groups excluding carboxylic acids is 11. The number of nitrogens with two attached hydrogens (primary N) is 3. The molecule has 0 aliphatic carbocycles. The number of amides is 10. The monoisotopic (exact) mass is 1290 g/mol. The fourth-order valence-electron chi connectivity index (χ4n) is 8.86. The summed E-state index contributed by atoms with van der Waals surface area (Å²) >= 11 is 5.94. The van der Waals surface area contributed by atoms with Crippen LogP contribution in [0.3, 0.4) is 0 Å². The van der Waals surface area contributed by atoms with Crippen molar-refractivity contribution in [2.24, 2.45) is 17.2 Å². The third-order valence-electron chi connectivity index (χ3n) is 14.3. The van der Waals surface area contributed by atoms with Gasteiger partial charge in [-0.3, -0.25) is 47.9 Å². The summed E-state index contributed by atoms with van der Waals surface area (Å²) in [5.74, 6) is -16.2. The average molecular weight is 1290 g/mol. The number of nitrogens with zero attached hydrogens (tertiary/aromatic N) is 2. The van der Waals surface area contributed by atoms with Crippen molar-refractivity contribution in [3.8, 4) is 0 Å². The van der Waals surface area contributed by atoms with Gasteiger partial charge < -0.3 is 105 Å². The van der Waals surface area contributed by atoms with Crippen molar-refractivity contribution in [2.75, 3.05) is 66.4 Å². The Hall–Kier alpha value is -6.65. The van der Waals surface area contributed by atoms with Crippen LogP contribution in [0.15, 0.2) is 11.8 Å². The van der Waals surface area contributed by atoms with Crippen molar-refractivity contribution in [3.05, 3.63) is 11.8 Å². The SMILES string of the molecule is C/C=C1/NC(=O)C([C@H](C)O)NC(=O)[C@H](CCN)NC(=O)C([C@H](O)C(=O)O)NC(=O)C(CCCCN)NC(=O)[C@H](CC(=O)N(C)CCN(C)C)NC(=O)C(CCN)NC(=O)C(NC(=O)C[C@H](O)CCCCCCCCCCC)COC(=O)C([C@H](O)CCl)NC1=O. The molecule has 1 aliphatic rings. The summed E-state index contributed by atoms with van der Waals surface area (Å²) in [6, 6.07) is -15.6. The summed E-state index contributed by atoms with van der Waals surface area (Å²) in [5, 5.41) is 73.7. The van der Waals surface area contributed by atoms with Crippen molar-refractivity contribution < 1.29 is 87.8 Å². The van der Waals surface area contributed by atoms with E-state index in [0.717, 1.165) is 64.4 Å². The summed E-state index contributed by atoms with van der Waals surface area (Å²) in [6.07, 6.45) is 0.216. The van der Waals surface area contributed by atoms with Crippen molar-refractivity contribution in [1.29, 1.82) is 0 Å². The minimum atomic E-state index is -2.75. The van der Waals surface area contributed by atoms with Gasteiger partial charge in [0.15, 0.2) is 12.1 Å². The maximum atomic E-state index is 14.5. The van der Waals surface area contributed by atoms with Crippen molar-refractivity contribution in [3.63, 3.8) is 0 Å². The molecule has 0 radical (unpaired) electrons. The van der Waals surface area contributed by atoms with Crippen LogP contribution in [0, 0.1) is 0 Å². The third kappa shape index (κ3) is 30.6. The van der Waals surface area contributed by atoms with E-state index < -0.39 is 188 Å². The van der Waals surface area contributed by atoms with Gasteiger partial charge >= 0.3 is 11.9 Å². The molecule has 508 valence electrons. The Morgan fingerprint density at radius 3 is 1.69 bits per heavy atom. The highest BCUT2D eigenvalue weighted by atomic mass is 35.5. The molecule has 0 spiro atoms. The number of aliphatic carboxylic acids is 1. The minimum absolute atomic E-state index is 0.0751. The fourth-order valence-corrected chi connectivity index (χ4v) is 9.04. The number of hydrogen-bond acceptors (Lipinski definition) is 21. The van der Waals surface area contributed by atoms with Crippen LogP contribution >= 0.6 is 11.6 Å². The molecular weight excluding hydrogens is 1190 g/mol. The number of carboxylic acids is 1. The number of aliphatic hydroxyl groups excluding tert-OH is 4. The molecule has 0 aromatic rings. The molecular formula is C56H99ClN14O18. The highest BCUT2D eigenvalue weighted by Crippen LogP contribution is 2.14. The van der Waals surface area contributed by atoms with Crippen LogP contribution in [-0.2, 0) is 62.3 Å². The number of ether oxygens (including phenoxy) is 1. The van der Waals surface area contributed by atoms with E-state index >= 15 is 0 Å². The molecule has 33 heteroatoms. The van der Waals surface area contributed by atoms with E-state index in [1.807, 2.05) is 0 Å². The molecule has 89 heavy (non-hydrogen) atoms. The molecule has 12 atom stereocenters. The number of unbranched alkanes of at least 4 members (excludes halogenated alkanes) is 9. The second-order valence-electron chi connectivity index (χ2n) is 22.1. The van der Waals surface area contributed by atoms with Gasteiger partial charge in [-0.25, -0.2) is 9.59 Å². The average Bonchev–Trinajstić information content (AvgIpc) is 3.61. The van der Waals surface area contributed by atoms with Gasteiger partial charge in [-0.2, -0.15) is 0 Å². The van der Waals surface area contributed by atoms with Crippen LogP contribution in [0.2, 0.25) is 0 Å². The van der Waals surface area contributed by atoms with Gasteiger partial charge in [-0.05, 0) is 86.1 Å². The molecule has 0 aromatic heterocycles. The number of likely N-dealkylation sites (N-methyl/N-ethyl adjacent to an activating group) is 2. The van der Waals surface area contributed by atoms with Gasteiger partial charge in [0, 0.05) is 20.1 Å². The van der Waals surface area contributed by atoms with E-state index in [9.17, 15) is 83.1 Å². The van der Waals surface area contributed by atoms with Crippen LogP contribution in [-0.4, -0.2) is 245 Å². The smallest absolute Gasteiger partial charge is 0.335 e. The zero-order valence-electron chi connectivity index (χ0n) is 52.0. The highest BCUT2D eigenvalue weighted by Gasteiger charge is 2.40. The van der Waals surface area contributed by atoms with Gasteiger partial charge in [0.05, 0.1) is 37.0 Å². The summed E-state index contributed by atoms with van der Waals surface area (Å²) in [4.78, 5) is 170. The number of nitrogens with one attached hydrogen (secondary N) is 9. The normalized spacial score (nSPS) is 23.7. The molecule has 32 nitrogen and oxygen atoms in total. The number of alkyl halides is 1. The number of aliphatic hydroxyl groups is 4. The van der Waals surface area contributed by atoms with E-state index in [1.54, 1.807) is 19.0 Å². The number of cyclic esters (lactones) is 1. The molecule has 1 aliphatic heterocycles. The van der Waals surface area contributed by atoms with Crippen LogP contribution in [0.25, 0.3) is 0 Å². The molecule has 0 aromatic carbocycles. The Morgan fingerprint density at radius 1 is 0.640 bits per heavy atom. The van der Waals surface area contributed by atoms with Gasteiger partial charge in [-0.1, -0.05) is 70.8 Å². The number of halogens is 1. The quantitative estimate of drug-likeness (QED) is 0.0133. The highest BCUT2D eigenvalue weighted by molar-refractivity contribution is 6.18. The molecule has 1 heterocycles.